The van der Waals surface area contributed by atoms with Crippen molar-refractivity contribution in [3.05, 3.63) is 27.7 Å². The van der Waals surface area contributed by atoms with Gasteiger partial charge in [0.25, 0.3) is 0 Å². The molecule has 1 aromatic carbocycles. The third-order valence-corrected chi connectivity index (χ3v) is 8.01. The molecule has 140 valence electrons. The lowest BCUT2D eigenvalue weighted by atomic mass is 10.2. The van der Waals surface area contributed by atoms with Crippen LogP contribution in [0.15, 0.2) is 27.7 Å². The lowest BCUT2D eigenvalue weighted by Crippen LogP contribution is -2.38. The third kappa shape index (κ3) is 4.24. The smallest absolute Gasteiger partial charge is 0.303 e. The number of carbonyl (C=O) groups excluding carboxylic acids is 1. The molecule has 1 aromatic rings. The first kappa shape index (κ1) is 19.7. The van der Waals surface area contributed by atoms with Crippen LogP contribution in [0.5, 0.6) is 0 Å². The number of hydrogen-bond acceptors (Lipinski definition) is 5. The summed E-state index contributed by atoms with van der Waals surface area (Å²) in [5, 5.41) is 9.21. The summed E-state index contributed by atoms with van der Waals surface area (Å²) in [6, 6.07) is 4.82. The molecule has 3 rings (SSSR count). The summed E-state index contributed by atoms with van der Waals surface area (Å²) in [4.78, 5) is 28.4. The molecule has 26 heavy (non-hydrogen) atoms. The number of thioether (sulfide) groups is 1. The lowest BCUT2D eigenvalue weighted by molar-refractivity contribution is -0.138. The van der Waals surface area contributed by atoms with Crippen molar-refractivity contribution in [1.82, 2.24) is 0 Å². The Kier molecular flexibility index (Phi) is 5.66. The summed E-state index contributed by atoms with van der Waals surface area (Å²) in [5.74, 6) is -1.67. The van der Waals surface area contributed by atoms with Crippen molar-refractivity contribution in [2.75, 3.05) is 16.4 Å². The molecule has 11 heteroatoms. The van der Waals surface area contributed by atoms with Gasteiger partial charge in [0, 0.05) is 16.1 Å². The van der Waals surface area contributed by atoms with E-state index in [4.69, 9.17) is 16.7 Å². The van der Waals surface area contributed by atoms with Crippen molar-refractivity contribution in [2.45, 2.75) is 24.1 Å². The summed E-state index contributed by atoms with van der Waals surface area (Å²) in [5.41, 5.74) is 0.566. The number of amides is 1. The normalized spacial score (nSPS) is 25.5. The van der Waals surface area contributed by atoms with Crippen LogP contribution >= 0.6 is 39.3 Å². The second kappa shape index (κ2) is 7.49. The van der Waals surface area contributed by atoms with E-state index < -0.39 is 21.7 Å². The maximum atomic E-state index is 12.0. The predicted molar refractivity (Wildman–Crippen MR) is 105 cm³/mol. The second-order valence-corrected chi connectivity index (χ2v) is 10.6. The van der Waals surface area contributed by atoms with Crippen LogP contribution in [0.25, 0.3) is 0 Å². The highest BCUT2D eigenvalue weighted by atomic mass is 79.9. The summed E-state index contributed by atoms with van der Waals surface area (Å²) >= 11 is 10.9. The molecular weight excluding hydrogens is 468 g/mol. The fraction of sp³-hybridized carbons (Fsp3) is 0.400. The number of carboxylic acids is 1. The molecule has 1 N–H and O–H groups in total. The third-order valence-electron chi connectivity index (χ3n) is 4.01. The molecule has 0 spiro atoms. The first-order chi connectivity index (χ1) is 12.2. The minimum atomic E-state index is -3.17. The Hall–Kier alpha value is -1.10. The van der Waals surface area contributed by atoms with E-state index in [1.54, 1.807) is 23.1 Å². The monoisotopic (exact) mass is 480 g/mol. The maximum absolute atomic E-state index is 12.0. The van der Waals surface area contributed by atoms with Crippen LogP contribution in [0, 0.1) is 0 Å². The number of amidine groups is 1. The molecule has 0 aliphatic carbocycles. The van der Waals surface area contributed by atoms with Crippen LogP contribution in [0.1, 0.15) is 12.8 Å². The average Bonchev–Trinajstić information content (AvgIpc) is 2.97. The zero-order valence-electron chi connectivity index (χ0n) is 13.3. The molecule has 0 bridgehead atoms. The fourth-order valence-corrected chi connectivity index (χ4v) is 7.59. The quantitative estimate of drug-likeness (QED) is 0.705. The maximum Gasteiger partial charge on any atom is 0.303 e. The summed E-state index contributed by atoms with van der Waals surface area (Å²) < 4.78 is 24.8. The number of benzene rings is 1. The van der Waals surface area contributed by atoms with Gasteiger partial charge < -0.3 is 10.0 Å². The van der Waals surface area contributed by atoms with Gasteiger partial charge in [-0.25, -0.2) is 8.42 Å². The second-order valence-electron chi connectivity index (χ2n) is 5.95. The number of anilines is 1. The van der Waals surface area contributed by atoms with Gasteiger partial charge in [-0.05, 0) is 18.2 Å². The molecule has 0 unspecified atom stereocenters. The topological polar surface area (TPSA) is 104 Å². The number of carbonyl (C=O) groups is 2. The molecule has 7 nitrogen and oxygen atoms in total. The van der Waals surface area contributed by atoms with Crippen molar-refractivity contribution >= 4 is 71.9 Å². The van der Waals surface area contributed by atoms with E-state index >= 15 is 0 Å². The van der Waals surface area contributed by atoms with Gasteiger partial charge in [-0.2, -0.15) is 4.99 Å². The van der Waals surface area contributed by atoms with Crippen molar-refractivity contribution in [3.8, 4) is 0 Å². The van der Waals surface area contributed by atoms with E-state index in [2.05, 4.69) is 20.9 Å². The number of hydrogen-bond donors (Lipinski definition) is 1. The molecule has 2 aliphatic heterocycles. The Balaban J connectivity index is 1.96. The zero-order valence-corrected chi connectivity index (χ0v) is 17.2. The molecule has 2 atom stereocenters. The molecule has 2 aliphatic rings. The number of sulfone groups is 1. The predicted octanol–water partition coefficient (Wildman–Crippen LogP) is 2.57. The van der Waals surface area contributed by atoms with Crippen molar-refractivity contribution in [2.24, 2.45) is 4.99 Å². The Morgan fingerprint density at radius 1 is 1.35 bits per heavy atom. The number of carboxylic acid groups (broad SMARTS) is 1. The zero-order chi connectivity index (χ0) is 19.1. The number of aliphatic imine (C=N–C) groups is 1. The molecule has 0 aromatic heterocycles. The number of aliphatic carboxylic acids is 1. The fourth-order valence-electron chi connectivity index (χ4n) is 2.90. The van der Waals surface area contributed by atoms with Crippen LogP contribution in [0.3, 0.4) is 0 Å². The van der Waals surface area contributed by atoms with E-state index in [1.807, 2.05) is 0 Å². The minimum absolute atomic E-state index is 0.00924. The van der Waals surface area contributed by atoms with Gasteiger partial charge in [-0.15, -0.1) is 0 Å². The molecular formula is C15H14BrClN2O5S2. The van der Waals surface area contributed by atoms with Gasteiger partial charge in [0.15, 0.2) is 15.0 Å². The van der Waals surface area contributed by atoms with Crippen molar-refractivity contribution in [1.29, 1.82) is 0 Å². The summed E-state index contributed by atoms with van der Waals surface area (Å²) in [6.07, 6.45) is -0.518. The minimum Gasteiger partial charge on any atom is -0.481 e. The van der Waals surface area contributed by atoms with Gasteiger partial charge in [-0.1, -0.05) is 39.3 Å². The van der Waals surface area contributed by atoms with Gasteiger partial charge in [0.1, 0.15) is 0 Å². The van der Waals surface area contributed by atoms with Crippen molar-refractivity contribution < 1.29 is 23.1 Å². The van der Waals surface area contributed by atoms with E-state index in [0.29, 0.717) is 15.9 Å². The van der Waals surface area contributed by atoms with Crippen LogP contribution in [-0.2, 0) is 19.4 Å². The molecule has 2 heterocycles. The molecule has 0 radical (unpaired) electrons. The highest BCUT2D eigenvalue weighted by Crippen LogP contribution is 2.43. The molecule has 2 fully saturated rings. The Bertz CT molecular complexity index is 905. The number of rotatable bonds is 4. The largest absolute Gasteiger partial charge is 0.481 e. The number of fused-ring (bicyclic) bond motifs is 1. The highest BCUT2D eigenvalue weighted by molar-refractivity contribution is 9.10. The number of nitrogens with zero attached hydrogens (tertiary/aromatic N) is 2. The Labute approximate surface area is 167 Å². The van der Waals surface area contributed by atoms with E-state index in [0.717, 1.165) is 4.47 Å². The van der Waals surface area contributed by atoms with E-state index in [9.17, 15) is 18.0 Å². The van der Waals surface area contributed by atoms with Gasteiger partial charge >= 0.3 is 5.97 Å². The number of halogens is 2. The van der Waals surface area contributed by atoms with Crippen LogP contribution in [0.2, 0.25) is 5.02 Å². The van der Waals surface area contributed by atoms with Crippen molar-refractivity contribution in [3.63, 3.8) is 0 Å². The SMILES string of the molecule is O=C(O)CCC(=O)N=C1S[C@@H]2CS(=O)(=O)C[C@@H]2N1c1ccc(Br)cc1Cl. The van der Waals surface area contributed by atoms with Gasteiger partial charge in [0.2, 0.25) is 5.91 Å². The first-order valence-electron chi connectivity index (χ1n) is 7.61. The lowest BCUT2D eigenvalue weighted by Gasteiger charge is -2.25. The first-order valence-corrected chi connectivity index (χ1v) is 11.5. The van der Waals surface area contributed by atoms with E-state index in [-0.39, 0.29) is 35.6 Å². The highest BCUT2D eigenvalue weighted by Gasteiger charge is 2.49. The molecule has 2 saturated heterocycles. The van der Waals surface area contributed by atoms with Crippen LogP contribution in [0.4, 0.5) is 5.69 Å². The average molecular weight is 482 g/mol. The molecule has 1 amide bonds. The standard InChI is InChI=1S/C15H14BrClN2O5S2/c16-8-1-2-10(9(17)5-8)19-11-6-26(23,24)7-12(11)25-15(19)18-13(20)3-4-14(21)22/h1-2,5,11-12H,3-4,6-7H2,(H,21,22)/t11-,12+/m0/s1. The van der Waals surface area contributed by atoms with Gasteiger partial charge in [0.05, 0.1) is 34.7 Å². The Morgan fingerprint density at radius 3 is 2.73 bits per heavy atom. The van der Waals surface area contributed by atoms with Gasteiger partial charge in [-0.3, -0.25) is 9.59 Å². The van der Waals surface area contributed by atoms with E-state index in [1.165, 1.54) is 11.8 Å². The Morgan fingerprint density at radius 2 is 2.08 bits per heavy atom. The van der Waals surface area contributed by atoms with Crippen LogP contribution in [-0.4, -0.2) is 53.4 Å². The van der Waals surface area contributed by atoms with Crippen LogP contribution < -0.4 is 4.90 Å². The summed E-state index contributed by atoms with van der Waals surface area (Å²) in [6.45, 7) is 0. The summed E-state index contributed by atoms with van der Waals surface area (Å²) in [7, 11) is -3.17. The molecule has 0 saturated carbocycles.